The molecule has 2 heterocycles. The van der Waals surface area contributed by atoms with Gasteiger partial charge >= 0.3 is 0 Å². The summed E-state index contributed by atoms with van der Waals surface area (Å²) in [5, 5.41) is 11.1. The molecule has 1 fully saturated rings. The molecule has 8 nitrogen and oxygen atoms in total. The third-order valence-corrected chi connectivity index (χ3v) is 13.7. The zero-order chi connectivity index (χ0) is 31.4. The van der Waals surface area contributed by atoms with Gasteiger partial charge in [0, 0.05) is 62.3 Å². The smallest absolute Gasteiger partial charge is 0.228 e. The number of hydrogen-bond donors (Lipinski definition) is 1. The van der Waals surface area contributed by atoms with Crippen LogP contribution in [0.4, 0.5) is 5.69 Å². The number of nitrogens with zero attached hydrogens (tertiary/aromatic N) is 2. The molecule has 0 saturated carbocycles. The molecule has 44 heavy (non-hydrogen) atoms. The highest BCUT2D eigenvalue weighted by molar-refractivity contribution is 6.91. The molecule has 1 saturated heterocycles. The molecule has 3 aromatic carbocycles. The highest BCUT2D eigenvalue weighted by atomic mass is 28.3. The molecule has 0 aromatic heterocycles. The summed E-state index contributed by atoms with van der Waals surface area (Å²) in [4.78, 5) is 29.9. The Morgan fingerprint density at radius 3 is 2.41 bits per heavy atom. The van der Waals surface area contributed by atoms with Crippen LogP contribution < -0.4 is 19.6 Å². The number of amides is 2. The molecule has 2 aliphatic heterocycles. The van der Waals surface area contributed by atoms with Gasteiger partial charge in [-0.1, -0.05) is 67.7 Å². The molecule has 5 rings (SSSR count). The van der Waals surface area contributed by atoms with Crippen molar-refractivity contribution in [2.45, 2.75) is 57.2 Å². The molecule has 0 bridgehead atoms. The number of methoxy groups -OCH3 is 2. The molecule has 1 N–H and O–H groups in total. The Morgan fingerprint density at radius 2 is 1.82 bits per heavy atom. The van der Waals surface area contributed by atoms with Crippen molar-refractivity contribution < 1.29 is 28.9 Å². The van der Waals surface area contributed by atoms with E-state index in [2.05, 4.69) is 32.2 Å². The van der Waals surface area contributed by atoms with Gasteiger partial charge in [0.15, 0.2) is 0 Å². The molecular weight excluding hydrogens is 572 g/mol. The molecule has 4 atom stereocenters. The third-order valence-electron chi connectivity index (χ3n) is 9.47. The Bertz CT molecular complexity index is 1450. The molecule has 2 amide bonds. The quantitative estimate of drug-likeness (QED) is 0.230. The van der Waals surface area contributed by atoms with Crippen LogP contribution in [-0.2, 0) is 20.9 Å². The Hall–Kier alpha value is -3.66. The van der Waals surface area contributed by atoms with Crippen LogP contribution in [0.1, 0.15) is 37.0 Å². The summed E-state index contributed by atoms with van der Waals surface area (Å²) in [6.45, 7) is 8.02. The van der Waals surface area contributed by atoms with Crippen LogP contribution in [-0.4, -0.2) is 69.9 Å². The number of rotatable bonds is 12. The fourth-order valence-corrected chi connectivity index (χ4v) is 10.0. The van der Waals surface area contributed by atoms with Gasteiger partial charge in [-0.15, -0.1) is 0 Å². The van der Waals surface area contributed by atoms with E-state index >= 15 is 0 Å². The number of hydrogen-bond acceptors (Lipinski definition) is 6. The van der Waals surface area contributed by atoms with E-state index in [0.717, 1.165) is 28.3 Å². The predicted molar refractivity (Wildman–Crippen MR) is 174 cm³/mol. The largest absolute Gasteiger partial charge is 0.497 e. The van der Waals surface area contributed by atoms with Gasteiger partial charge in [-0.25, -0.2) is 0 Å². The van der Waals surface area contributed by atoms with Crippen LogP contribution in [0.2, 0.25) is 18.6 Å². The second-order valence-corrected chi connectivity index (χ2v) is 17.2. The van der Waals surface area contributed by atoms with E-state index in [1.165, 1.54) is 5.19 Å². The topological polar surface area (TPSA) is 88.5 Å². The van der Waals surface area contributed by atoms with Crippen molar-refractivity contribution >= 4 is 30.8 Å². The van der Waals surface area contributed by atoms with Crippen LogP contribution in [0.25, 0.3) is 0 Å². The standard InChI is InChI=1S/C35H44N2O6Si/c1-24-34(42-3)29-21-26(37-18-17-32(37)39)11-16-30(29)43-35(24)31(44(4,5)28-14-12-27(41-2)13-15-28)22-33(40)36(19-20-38)23-25-9-7-6-8-10-25/h6-16,21,24,31,34-35,38H,17-20,22-23H2,1-5H3/t24-,31?,34-,35-/m1/s1. The maximum atomic E-state index is 14.2. The molecule has 9 heteroatoms. The fraction of sp³-hybridized carbons (Fsp3) is 0.429. The summed E-state index contributed by atoms with van der Waals surface area (Å²) in [7, 11) is 0.975. The molecule has 0 radical (unpaired) electrons. The van der Waals surface area contributed by atoms with Gasteiger partial charge in [-0.2, -0.15) is 0 Å². The minimum absolute atomic E-state index is 0.0100. The highest BCUT2D eigenvalue weighted by Gasteiger charge is 2.48. The first kappa shape index (κ1) is 31.8. The summed E-state index contributed by atoms with van der Waals surface area (Å²) in [5.41, 5.74) is 2.69. The minimum Gasteiger partial charge on any atom is -0.497 e. The normalized spacial score (nSPS) is 20.3. The predicted octanol–water partition coefficient (Wildman–Crippen LogP) is 4.91. The highest BCUT2D eigenvalue weighted by Crippen LogP contribution is 2.48. The van der Waals surface area contributed by atoms with Crippen molar-refractivity contribution in [2.75, 3.05) is 38.8 Å². The van der Waals surface area contributed by atoms with E-state index in [0.29, 0.717) is 19.5 Å². The van der Waals surface area contributed by atoms with Gasteiger partial charge in [-0.05, 0) is 35.9 Å². The van der Waals surface area contributed by atoms with Crippen molar-refractivity contribution in [2.24, 2.45) is 5.92 Å². The summed E-state index contributed by atoms with van der Waals surface area (Å²) in [6.07, 6.45) is 0.276. The lowest BCUT2D eigenvalue weighted by molar-refractivity contribution is -0.133. The first-order valence-electron chi connectivity index (χ1n) is 15.4. The van der Waals surface area contributed by atoms with Gasteiger partial charge < -0.3 is 29.1 Å². The van der Waals surface area contributed by atoms with Crippen molar-refractivity contribution in [3.8, 4) is 11.5 Å². The van der Waals surface area contributed by atoms with Crippen LogP contribution in [0.15, 0.2) is 72.8 Å². The number of fused-ring (bicyclic) bond motifs is 1. The van der Waals surface area contributed by atoms with E-state index in [9.17, 15) is 14.7 Å². The molecule has 3 aromatic rings. The molecule has 0 aliphatic carbocycles. The number of β-lactam (4-membered cyclic amide) rings is 1. The van der Waals surface area contributed by atoms with Gasteiger partial charge in [-0.3, -0.25) is 9.59 Å². The average Bonchev–Trinajstić information content (AvgIpc) is 3.03. The molecule has 2 aliphatic rings. The maximum Gasteiger partial charge on any atom is 0.228 e. The molecular formula is C35H44N2O6Si. The van der Waals surface area contributed by atoms with Crippen LogP contribution in [0.3, 0.4) is 0 Å². The van der Waals surface area contributed by atoms with Crippen molar-refractivity contribution in [1.82, 2.24) is 4.90 Å². The Labute approximate surface area is 261 Å². The Kier molecular flexibility index (Phi) is 9.77. The molecule has 234 valence electrons. The zero-order valence-corrected chi connectivity index (χ0v) is 27.4. The number of anilines is 1. The van der Waals surface area contributed by atoms with E-state index in [4.69, 9.17) is 14.2 Å². The van der Waals surface area contributed by atoms with E-state index in [1.807, 2.05) is 60.7 Å². The second-order valence-electron chi connectivity index (χ2n) is 12.4. The van der Waals surface area contributed by atoms with E-state index < -0.39 is 8.07 Å². The van der Waals surface area contributed by atoms with Crippen LogP contribution in [0, 0.1) is 5.92 Å². The van der Waals surface area contributed by atoms with Crippen molar-refractivity contribution in [1.29, 1.82) is 0 Å². The number of carbonyl (C=O) groups excluding carboxylic acids is 2. The van der Waals surface area contributed by atoms with Crippen molar-refractivity contribution in [3.05, 3.63) is 83.9 Å². The number of ether oxygens (including phenoxy) is 3. The zero-order valence-electron chi connectivity index (χ0n) is 26.4. The maximum absolute atomic E-state index is 14.2. The van der Waals surface area contributed by atoms with Gasteiger partial charge in [0.25, 0.3) is 0 Å². The SMILES string of the molecule is COc1ccc([Si](C)(C)C(CC(=O)N(CCO)Cc2ccccc2)[C@@H]2Oc3ccc(N4CCC4=O)cc3[C@H](OC)[C@H]2C)cc1. The van der Waals surface area contributed by atoms with E-state index in [-0.39, 0.29) is 55.1 Å². The molecule has 1 unspecified atom stereocenters. The van der Waals surface area contributed by atoms with Gasteiger partial charge in [0.2, 0.25) is 11.8 Å². The van der Waals surface area contributed by atoms with Gasteiger partial charge in [0.1, 0.15) is 17.6 Å². The summed E-state index contributed by atoms with van der Waals surface area (Å²) < 4.78 is 18.4. The summed E-state index contributed by atoms with van der Waals surface area (Å²) in [6, 6.07) is 24.0. The number of aliphatic hydroxyl groups excluding tert-OH is 1. The van der Waals surface area contributed by atoms with E-state index in [1.54, 1.807) is 24.0 Å². The summed E-state index contributed by atoms with van der Waals surface area (Å²) in [5.74, 6) is 1.55. The van der Waals surface area contributed by atoms with Crippen LogP contribution >= 0.6 is 0 Å². The Balaban J connectivity index is 1.51. The Morgan fingerprint density at radius 1 is 1.09 bits per heavy atom. The summed E-state index contributed by atoms with van der Waals surface area (Å²) >= 11 is 0. The van der Waals surface area contributed by atoms with Gasteiger partial charge in [0.05, 0.1) is 27.9 Å². The monoisotopic (exact) mass is 616 g/mol. The number of aliphatic hydroxyl groups is 1. The first-order valence-corrected chi connectivity index (χ1v) is 18.5. The fourth-order valence-electron chi connectivity index (χ4n) is 6.67. The lowest BCUT2D eigenvalue weighted by Gasteiger charge is -2.46. The molecule has 0 spiro atoms. The number of carbonyl (C=O) groups is 2. The third kappa shape index (κ3) is 6.41. The average molecular weight is 617 g/mol. The number of benzene rings is 3. The van der Waals surface area contributed by atoms with Crippen LogP contribution in [0.5, 0.6) is 11.5 Å². The van der Waals surface area contributed by atoms with Crippen molar-refractivity contribution in [3.63, 3.8) is 0 Å². The lowest BCUT2D eigenvalue weighted by atomic mass is 9.86. The first-order chi connectivity index (χ1) is 21.2. The minimum atomic E-state index is -2.39. The lowest BCUT2D eigenvalue weighted by Crippen LogP contribution is -2.55. The second kappa shape index (κ2) is 13.5.